The predicted octanol–water partition coefficient (Wildman–Crippen LogP) is 2.79. The van der Waals surface area contributed by atoms with Crippen LogP contribution in [0.15, 0.2) is 41.0 Å². The van der Waals surface area contributed by atoms with E-state index in [-0.39, 0.29) is 24.0 Å². The zero-order valence-electron chi connectivity index (χ0n) is 12.8. The third-order valence-electron chi connectivity index (χ3n) is 3.05. The number of furan rings is 1. The molecule has 0 aliphatic carbocycles. The Morgan fingerprint density at radius 1 is 1.21 bits per heavy atom. The fourth-order valence-electron chi connectivity index (χ4n) is 1.79. The van der Waals surface area contributed by atoms with Crippen LogP contribution in [-0.2, 0) is 16.1 Å². The molecule has 0 aliphatic heterocycles. The lowest BCUT2D eigenvalue weighted by atomic mass is 10.3. The number of benzene rings is 1. The molecule has 2 amide bonds. The van der Waals surface area contributed by atoms with Gasteiger partial charge in [0.2, 0.25) is 5.91 Å². The van der Waals surface area contributed by atoms with Crippen molar-refractivity contribution in [2.45, 2.75) is 19.6 Å². The van der Waals surface area contributed by atoms with Crippen LogP contribution in [0, 0.1) is 0 Å². The van der Waals surface area contributed by atoms with Gasteiger partial charge in [-0.15, -0.1) is 0 Å². The van der Waals surface area contributed by atoms with E-state index in [1.807, 2.05) is 0 Å². The molecule has 0 fully saturated rings. The highest BCUT2D eigenvalue weighted by Gasteiger charge is 2.17. The van der Waals surface area contributed by atoms with Gasteiger partial charge in [-0.05, 0) is 31.2 Å². The third-order valence-corrected chi connectivity index (χ3v) is 3.85. The van der Waals surface area contributed by atoms with E-state index in [1.165, 1.54) is 6.26 Å². The molecule has 1 unspecified atom stereocenters. The zero-order chi connectivity index (χ0) is 17.5. The Balaban J connectivity index is 1.77. The molecule has 0 bridgehead atoms. The minimum absolute atomic E-state index is 0.170. The Morgan fingerprint density at radius 2 is 2.00 bits per heavy atom. The molecular weight excluding hydrogens is 355 g/mol. The van der Waals surface area contributed by atoms with Gasteiger partial charge in [0.05, 0.1) is 24.4 Å². The molecule has 1 aromatic heterocycles. The van der Waals surface area contributed by atoms with Crippen LogP contribution in [0.3, 0.4) is 0 Å². The van der Waals surface area contributed by atoms with Crippen molar-refractivity contribution < 1.29 is 18.7 Å². The molecule has 0 aliphatic rings. The summed E-state index contributed by atoms with van der Waals surface area (Å²) in [6.45, 7) is 1.63. The number of amides is 2. The summed E-state index contributed by atoms with van der Waals surface area (Å²) in [5, 5.41) is 5.67. The fourth-order valence-corrected chi connectivity index (χ4v) is 2.13. The van der Waals surface area contributed by atoms with E-state index in [9.17, 15) is 9.59 Å². The standard InChI is InChI=1S/C16H16Cl2N2O4/c1-10(24-13-6-2-5-12(17)15(13)18)16(22)20-9-14(21)19-8-11-4-3-7-23-11/h2-7,10H,8-9H2,1H3,(H,19,21)(H,20,22). The normalized spacial score (nSPS) is 11.6. The summed E-state index contributed by atoms with van der Waals surface area (Å²) in [6, 6.07) is 8.35. The first-order chi connectivity index (χ1) is 11.5. The lowest BCUT2D eigenvalue weighted by Gasteiger charge is -2.15. The first kappa shape index (κ1) is 18.2. The van der Waals surface area contributed by atoms with Gasteiger partial charge in [-0.3, -0.25) is 9.59 Å². The molecule has 2 aromatic rings. The van der Waals surface area contributed by atoms with E-state index in [0.717, 1.165) is 0 Å². The number of carbonyl (C=O) groups is 2. The smallest absolute Gasteiger partial charge is 0.261 e. The summed E-state index contributed by atoms with van der Waals surface area (Å²) >= 11 is 11.9. The molecule has 0 spiro atoms. The molecule has 128 valence electrons. The van der Waals surface area contributed by atoms with Crippen LogP contribution < -0.4 is 15.4 Å². The van der Waals surface area contributed by atoms with Crippen molar-refractivity contribution in [1.29, 1.82) is 0 Å². The lowest BCUT2D eigenvalue weighted by molar-refractivity contribution is -0.130. The van der Waals surface area contributed by atoms with Gasteiger partial charge in [-0.25, -0.2) is 0 Å². The largest absolute Gasteiger partial charge is 0.479 e. The molecule has 24 heavy (non-hydrogen) atoms. The van der Waals surface area contributed by atoms with Gasteiger partial charge in [0.25, 0.3) is 5.91 Å². The van der Waals surface area contributed by atoms with Gasteiger partial charge >= 0.3 is 0 Å². The molecule has 8 heteroatoms. The van der Waals surface area contributed by atoms with Gasteiger partial charge in [0, 0.05) is 0 Å². The summed E-state index contributed by atoms with van der Waals surface area (Å²) in [5.74, 6) is 0.142. The highest BCUT2D eigenvalue weighted by Crippen LogP contribution is 2.32. The van der Waals surface area contributed by atoms with Crippen LogP contribution in [0.2, 0.25) is 10.0 Å². The highest BCUT2D eigenvalue weighted by molar-refractivity contribution is 6.42. The fraction of sp³-hybridized carbons (Fsp3) is 0.250. The first-order valence-electron chi connectivity index (χ1n) is 7.15. The molecule has 6 nitrogen and oxygen atoms in total. The number of nitrogens with one attached hydrogen (secondary N) is 2. The lowest BCUT2D eigenvalue weighted by Crippen LogP contribution is -2.42. The summed E-state index contributed by atoms with van der Waals surface area (Å²) in [7, 11) is 0. The summed E-state index contributed by atoms with van der Waals surface area (Å²) in [5.41, 5.74) is 0. The minimum Gasteiger partial charge on any atom is -0.479 e. The van der Waals surface area contributed by atoms with Crippen LogP contribution >= 0.6 is 23.2 Å². The van der Waals surface area contributed by atoms with Crippen molar-refractivity contribution in [2.24, 2.45) is 0 Å². The van der Waals surface area contributed by atoms with E-state index >= 15 is 0 Å². The topological polar surface area (TPSA) is 80.6 Å². The molecule has 1 atom stereocenters. The number of hydrogen-bond donors (Lipinski definition) is 2. The Hall–Kier alpha value is -2.18. The van der Waals surface area contributed by atoms with Crippen molar-refractivity contribution in [2.75, 3.05) is 6.54 Å². The monoisotopic (exact) mass is 370 g/mol. The summed E-state index contributed by atoms with van der Waals surface area (Å²) < 4.78 is 10.6. The molecule has 0 radical (unpaired) electrons. The third kappa shape index (κ3) is 5.18. The Bertz CT molecular complexity index is 704. The van der Waals surface area contributed by atoms with Crippen LogP contribution in [0.5, 0.6) is 5.75 Å². The van der Waals surface area contributed by atoms with Gasteiger partial charge in [-0.1, -0.05) is 29.3 Å². The molecular formula is C16H16Cl2N2O4. The van der Waals surface area contributed by atoms with Gasteiger partial charge < -0.3 is 19.8 Å². The van der Waals surface area contributed by atoms with Crippen LogP contribution in [0.1, 0.15) is 12.7 Å². The van der Waals surface area contributed by atoms with Crippen molar-refractivity contribution in [3.05, 3.63) is 52.4 Å². The molecule has 1 heterocycles. The zero-order valence-corrected chi connectivity index (χ0v) is 14.4. The second-order valence-electron chi connectivity index (χ2n) is 4.89. The van der Waals surface area contributed by atoms with Crippen molar-refractivity contribution >= 4 is 35.0 Å². The highest BCUT2D eigenvalue weighted by atomic mass is 35.5. The average molecular weight is 371 g/mol. The molecule has 0 saturated carbocycles. The van der Waals surface area contributed by atoms with Crippen molar-refractivity contribution in [1.82, 2.24) is 10.6 Å². The maximum absolute atomic E-state index is 12.0. The number of halogens is 2. The number of hydrogen-bond acceptors (Lipinski definition) is 4. The second-order valence-corrected chi connectivity index (χ2v) is 5.67. The molecule has 1 aromatic carbocycles. The van der Waals surface area contributed by atoms with Crippen LogP contribution in [-0.4, -0.2) is 24.5 Å². The number of rotatable bonds is 7. The average Bonchev–Trinajstić information content (AvgIpc) is 3.08. The van der Waals surface area contributed by atoms with Gasteiger partial charge in [0.15, 0.2) is 6.10 Å². The predicted molar refractivity (Wildman–Crippen MR) is 90.1 cm³/mol. The summed E-state index contributed by atoms with van der Waals surface area (Å²) in [6.07, 6.45) is 0.683. The van der Waals surface area contributed by atoms with Crippen LogP contribution in [0.4, 0.5) is 0 Å². The first-order valence-corrected chi connectivity index (χ1v) is 7.90. The van der Waals surface area contributed by atoms with Gasteiger partial charge in [0.1, 0.15) is 16.5 Å². The quantitative estimate of drug-likeness (QED) is 0.784. The van der Waals surface area contributed by atoms with E-state index < -0.39 is 12.0 Å². The summed E-state index contributed by atoms with van der Waals surface area (Å²) in [4.78, 5) is 23.6. The minimum atomic E-state index is -0.834. The van der Waals surface area contributed by atoms with Crippen molar-refractivity contribution in [3.8, 4) is 5.75 Å². The molecule has 2 N–H and O–H groups in total. The number of ether oxygens (including phenoxy) is 1. The SMILES string of the molecule is CC(Oc1cccc(Cl)c1Cl)C(=O)NCC(=O)NCc1ccco1. The van der Waals surface area contributed by atoms with E-state index in [0.29, 0.717) is 16.5 Å². The number of carbonyl (C=O) groups excluding carboxylic acids is 2. The van der Waals surface area contributed by atoms with E-state index in [1.54, 1.807) is 37.3 Å². The Kier molecular flexibility index (Phi) is 6.52. The van der Waals surface area contributed by atoms with E-state index in [4.69, 9.17) is 32.4 Å². The molecule has 0 saturated heterocycles. The second kappa shape index (κ2) is 8.61. The van der Waals surface area contributed by atoms with Gasteiger partial charge in [-0.2, -0.15) is 0 Å². The Labute approximate surface area is 149 Å². The molecule has 2 rings (SSSR count). The Morgan fingerprint density at radius 3 is 2.71 bits per heavy atom. The van der Waals surface area contributed by atoms with Crippen molar-refractivity contribution in [3.63, 3.8) is 0 Å². The van der Waals surface area contributed by atoms with Crippen LogP contribution in [0.25, 0.3) is 0 Å². The maximum Gasteiger partial charge on any atom is 0.261 e. The van der Waals surface area contributed by atoms with E-state index in [2.05, 4.69) is 10.6 Å². The maximum atomic E-state index is 12.0.